The number of hydrogen-bond acceptors (Lipinski definition) is 4. The second kappa shape index (κ2) is 6.47. The van der Waals surface area contributed by atoms with E-state index in [0.717, 1.165) is 0 Å². The Morgan fingerprint density at radius 3 is 2.38 bits per heavy atom. The Balaban J connectivity index is 2.40. The Kier molecular flexibility index (Phi) is 5.58. The number of morpholine rings is 1. The zero-order chi connectivity index (χ0) is 12.1. The van der Waals surface area contributed by atoms with Gasteiger partial charge in [-0.3, -0.25) is 4.79 Å². The van der Waals surface area contributed by atoms with Gasteiger partial charge >= 0.3 is 0 Å². The Morgan fingerprint density at radius 2 is 1.88 bits per heavy atom. The van der Waals surface area contributed by atoms with Gasteiger partial charge < -0.3 is 14.7 Å². The topological polar surface area (TPSA) is 49.8 Å². The summed E-state index contributed by atoms with van der Waals surface area (Å²) in [6.45, 7) is 8.24. The van der Waals surface area contributed by atoms with E-state index in [2.05, 4.69) is 0 Å². The molecular formula is C11H21NO3S. The Bertz CT molecular complexity index is 229. The van der Waals surface area contributed by atoms with Crippen molar-refractivity contribution < 1.29 is 14.6 Å². The summed E-state index contributed by atoms with van der Waals surface area (Å²) in [5, 5.41) is 9.38. The maximum atomic E-state index is 12.0. The van der Waals surface area contributed by atoms with Gasteiger partial charge in [-0.25, -0.2) is 0 Å². The van der Waals surface area contributed by atoms with Crippen LogP contribution in [0.15, 0.2) is 0 Å². The molecule has 1 saturated heterocycles. The van der Waals surface area contributed by atoms with Crippen molar-refractivity contribution in [3.63, 3.8) is 0 Å². The molecule has 4 nitrogen and oxygen atoms in total. The lowest BCUT2D eigenvalue weighted by atomic mass is 10.3. The van der Waals surface area contributed by atoms with Crippen LogP contribution in [-0.4, -0.2) is 58.8 Å². The fourth-order valence-electron chi connectivity index (χ4n) is 1.53. The van der Waals surface area contributed by atoms with Crippen molar-refractivity contribution in [2.45, 2.75) is 37.4 Å². The molecule has 94 valence electrons. The standard InChI is InChI=1S/C11H21NO3S/c1-8(13)9(2)16-10(3)11(14)12-4-6-15-7-5-12/h8-10,13H,4-7H2,1-3H3. The van der Waals surface area contributed by atoms with E-state index in [1.54, 1.807) is 6.92 Å². The first-order valence-corrected chi connectivity index (χ1v) is 6.66. The Labute approximate surface area is 101 Å². The second-order valence-electron chi connectivity index (χ2n) is 4.16. The Hall–Kier alpha value is -0.260. The highest BCUT2D eigenvalue weighted by molar-refractivity contribution is 8.01. The third-order valence-corrected chi connectivity index (χ3v) is 4.20. The van der Waals surface area contributed by atoms with E-state index in [1.807, 2.05) is 18.7 Å². The van der Waals surface area contributed by atoms with Crippen LogP contribution in [-0.2, 0) is 9.53 Å². The number of ether oxygens (including phenoxy) is 1. The molecule has 0 aromatic heterocycles. The highest BCUT2D eigenvalue weighted by Gasteiger charge is 2.25. The van der Waals surface area contributed by atoms with Gasteiger partial charge in [0.25, 0.3) is 0 Å². The normalized spacial score (nSPS) is 22.6. The smallest absolute Gasteiger partial charge is 0.235 e. The van der Waals surface area contributed by atoms with E-state index in [9.17, 15) is 9.90 Å². The van der Waals surface area contributed by atoms with Crippen LogP contribution in [0.1, 0.15) is 20.8 Å². The van der Waals surface area contributed by atoms with E-state index < -0.39 is 0 Å². The first-order valence-electron chi connectivity index (χ1n) is 5.72. The number of rotatable bonds is 4. The third-order valence-electron chi connectivity index (χ3n) is 2.77. The summed E-state index contributed by atoms with van der Waals surface area (Å²) in [4.78, 5) is 13.9. The number of carbonyl (C=O) groups is 1. The Morgan fingerprint density at radius 1 is 1.31 bits per heavy atom. The van der Waals surface area contributed by atoms with Crippen molar-refractivity contribution in [3.8, 4) is 0 Å². The van der Waals surface area contributed by atoms with Crippen molar-refractivity contribution >= 4 is 17.7 Å². The molecule has 1 heterocycles. The van der Waals surface area contributed by atoms with Gasteiger partial charge in [0, 0.05) is 18.3 Å². The van der Waals surface area contributed by atoms with Crippen LogP contribution in [0.25, 0.3) is 0 Å². The van der Waals surface area contributed by atoms with Gasteiger partial charge in [0.15, 0.2) is 0 Å². The molecule has 1 rings (SSSR count). The number of thioether (sulfide) groups is 1. The van der Waals surface area contributed by atoms with Crippen molar-refractivity contribution in [2.24, 2.45) is 0 Å². The summed E-state index contributed by atoms with van der Waals surface area (Å²) in [5.41, 5.74) is 0. The first kappa shape index (κ1) is 13.8. The summed E-state index contributed by atoms with van der Waals surface area (Å²) < 4.78 is 5.21. The molecule has 0 saturated carbocycles. The van der Waals surface area contributed by atoms with Crippen LogP contribution < -0.4 is 0 Å². The van der Waals surface area contributed by atoms with Gasteiger partial charge in [0.05, 0.1) is 24.6 Å². The van der Waals surface area contributed by atoms with E-state index in [0.29, 0.717) is 26.3 Å². The number of amides is 1. The lowest BCUT2D eigenvalue weighted by Crippen LogP contribution is -2.44. The highest BCUT2D eigenvalue weighted by Crippen LogP contribution is 2.22. The molecule has 1 amide bonds. The molecule has 0 aromatic rings. The molecule has 3 atom stereocenters. The molecular weight excluding hydrogens is 226 g/mol. The van der Waals surface area contributed by atoms with Crippen molar-refractivity contribution in [2.75, 3.05) is 26.3 Å². The predicted molar refractivity (Wildman–Crippen MR) is 65.6 cm³/mol. The number of aliphatic hydroxyl groups is 1. The first-order chi connectivity index (χ1) is 7.52. The van der Waals surface area contributed by atoms with Crippen LogP contribution in [0.3, 0.4) is 0 Å². The number of hydrogen-bond donors (Lipinski definition) is 1. The van der Waals surface area contributed by atoms with Crippen molar-refractivity contribution in [1.29, 1.82) is 0 Å². The van der Waals surface area contributed by atoms with Crippen molar-refractivity contribution in [1.82, 2.24) is 4.90 Å². The quantitative estimate of drug-likeness (QED) is 0.796. The monoisotopic (exact) mass is 247 g/mol. The fraction of sp³-hybridized carbons (Fsp3) is 0.909. The maximum Gasteiger partial charge on any atom is 0.235 e. The lowest BCUT2D eigenvalue weighted by molar-refractivity contribution is -0.134. The third kappa shape index (κ3) is 3.96. The molecule has 1 fully saturated rings. The second-order valence-corrected chi connectivity index (χ2v) is 5.88. The average Bonchev–Trinajstić information content (AvgIpc) is 2.28. The van der Waals surface area contributed by atoms with E-state index >= 15 is 0 Å². The molecule has 5 heteroatoms. The van der Waals surface area contributed by atoms with Crippen LogP contribution in [0.5, 0.6) is 0 Å². The van der Waals surface area contributed by atoms with Crippen LogP contribution >= 0.6 is 11.8 Å². The molecule has 1 aliphatic heterocycles. The molecule has 1 aliphatic rings. The minimum atomic E-state index is -0.384. The van der Waals surface area contributed by atoms with Gasteiger partial charge in [-0.05, 0) is 13.8 Å². The molecule has 0 aliphatic carbocycles. The summed E-state index contributed by atoms with van der Waals surface area (Å²) in [7, 11) is 0. The van der Waals surface area contributed by atoms with E-state index in [4.69, 9.17) is 4.74 Å². The summed E-state index contributed by atoms with van der Waals surface area (Å²) >= 11 is 1.53. The molecule has 3 unspecified atom stereocenters. The molecule has 0 radical (unpaired) electrons. The van der Waals surface area contributed by atoms with Crippen LogP contribution in [0.4, 0.5) is 0 Å². The molecule has 0 aromatic carbocycles. The molecule has 16 heavy (non-hydrogen) atoms. The molecule has 1 N–H and O–H groups in total. The number of nitrogens with zero attached hydrogens (tertiary/aromatic N) is 1. The van der Waals surface area contributed by atoms with Crippen LogP contribution in [0, 0.1) is 0 Å². The van der Waals surface area contributed by atoms with E-state index in [1.165, 1.54) is 11.8 Å². The number of carbonyl (C=O) groups excluding carboxylic acids is 1. The van der Waals surface area contributed by atoms with Gasteiger partial charge in [-0.15, -0.1) is 11.8 Å². The fourth-order valence-corrected chi connectivity index (χ4v) is 2.67. The maximum absolute atomic E-state index is 12.0. The molecule has 0 spiro atoms. The summed E-state index contributed by atoms with van der Waals surface area (Å²) in [5.74, 6) is 0.154. The van der Waals surface area contributed by atoms with Gasteiger partial charge in [0.1, 0.15) is 0 Å². The van der Waals surface area contributed by atoms with Crippen molar-refractivity contribution in [3.05, 3.63) is 0 Å². The zero-order valence-corrected chi connectivity index (χ0v) is 11.0. The number of aliphatic hydroxyl groups excluding tert-OH is 1. The van der Waals surface area contributed by atoms with E-state index in [-0.39, 0.29) is 22.5 Å². The lowest BCUT2D eigenvalue weighted by Gasteiger charge is -2.30. The zero-order valence-electron chi connectivity index (χ0n) is 10.2. The van der Waals surface area contributed by atoms with Gasteiger partial charge in [-0.2, -0.15) is 0 Å². The van der Waals surface area contributed by atoms with Gasteiger partial charge in [-0.1, -0.05) is 6.92 Å². The predicted octanol–water partition coefficient (Wildman–Crippen LogP) is 0.736. The minimum Gasteiger partial charge on any atom is -0.392 e. The minimum absolute atomic E-state index is 0.0833. The molecule has 0 bridgehead atoms. The highest BCUT2D eigenvalue weighted by atomic mass is 32.2. The largest absolute Gasteiger partial charge is 0.392 e. The summed E-state index contributed by atoms with van der Waals surface area (Å²) in [6, 6.07) is 0. The SMILES string of the molecule is CC(SC(C)C(C)O)C(=O)N1CCOCC1. The van der Waals surface area contributed by atoms with Gasteiger partial charge in [0.2, 0.25) is 5.91 Å². The summed E-state index contributed by atoms with van der Waals surface area (Å²) in [6.07, 6.45) is -0.384. The van der Waals surface area contributed by atoms with Crippen LogP contribution in [0.2, 0.25) is 0 Å². The average molecular weight is 247 g/mol.